The highest BCUT2D eigenvalue weighted by atomic mass is 79.9. The van der Waals surface area contributed by atoms with Crippen LogP contribution in [0.4, 0.5) is 11.4 Å². The molecule has 0 fully saturated rings. The lowest BCUT2D eigenvalue weighted by Crippen LogP contribution is -2.32. The maximum atomic E-state index is 12.8. The molecule has 0 unspecified atom stereocenters. The Morgan fingerprint density at radius 1 is 1.18 bits per heavy atom. The van der Waals surface area contributed by atoms with Crippen molar-refractivity contribution in [2.75, 3.05) is 69.1 Å². The van der Waals surface area contributed by atoms with Gasteiger partial charge in [0.25, 0.3) is 21.7 Å². The van der Waals surface area contributed by atoms with Gasteiger partial charge < -0.3 is 15.1 Å². The maximum Gasteiger partial charge on any atom is 0.283 e. The van der Waals surface area contributed by atoms with Crippen molar-refractivity contribution in [2.24, 2.45) is 0 Å². The molecule has 1 N–H and O–H groups in total. The summed E-state index contributed by atoms with van der Waals surface area (Å²) < 4.78 is 53.0. The smallest absolute Gasteiger partial charge is 0.283 e. The van der Waals surface area contributed by atoms with Crippen LogP contribution in [-0.2, 0) is 24.1 Å². The highest BCUT2D eigenvalue weighted by Gasteiger charge is 2.30. The zero-order valence-corrected chi connectivity index (χ0v) is 22.8. The lowest BCUT2D eigenvalue weighted by Gasteiger charge is -2.26. The third kappa shape index (κ3) is 9.44. The quantitative estimate of drug-likeness (QED) is 0.104. The zero-order valence-electron chi connectivity index (χ0n) is 19.6. The van der Waals surface area contributed by atoms with E-state index in [-0.39, 0.29) is 48.1 Å². The minimum Gasteiger partial charge on any atom is -0.367 e. The lowest BCUT2D eigenvalue weighted by molar-refractivity contribution is -0.385. The highest BCUT2D eigenvalue weighted by molar-refractivity contribution is 9.09. The Hall–Kier alpha value is -1.81. The summed E-state index contributed by atoms with van der Waals surface area (Å²) in [7, 11) is -3.92. The molecule has 34 heavy (non-hydrogen) atoms. The van der Waals surface area contributed by atoms with Gasteiger partial charge in [-0.3, -0.25) is 19.1 Å². The fourth-order valence-corrected chi connectivity index (χ4v) is 4.90. The number of amides is 1. The maximum absolute atomic E-state index is 12.8. The van der Waals surface area contributed by atoms with Gasteiger partial charge in [0.2, 0.25) is 0 Å². The van der Waals surface area contributed by atoms with E-state index in [1.807, 2.05) is 19.0 Å². The van der Waals surface area contributed by atoms with Crippen LogP contribution in [0.1, 0.15) is 23.7 Å². The van der Waals surface area contributed by atoms with Gasteiger partial charge in [0, 0.05) is 31.0 Å². The van der Waals surface area contributed by atoms with Crippen molar-refractivity contribution in [3.05, 3.63) is 27.8 Å². The number of anilines is 1. The number of nitro benzene ring substituents is 1. The number of sulfone groups is 1. The molecular weight excluding hydrogens is 556 g/mol. The number of nitrogens with one attached hydrogen (secondary N) is 1. The van der Waals surface area contributed by atoms with Crippen molar-refractivity contribution < 1.29 is 30.7 Å². The summed E-state index contributed by atoms with van der Waals surface area (Å²) in [5.74, 6) is -1.03. The normalized spacial score (nSPS) is 12.1. The molecule has 1 amide bonds. The van der Waals surface area contributed by atoms with E-state index in [0.717, 1.165) is 12.3 Å². The summed E-state index contributed by atoms with van der Waals surface area (Å²) in [4.78, 5) is 26.9. The average Bonchev–Trinajstić information content (AvgIpc) is 2.74. The molecule has 12 nitrogen and oxygen atoms in total. The number of nitro groups is 1. The van der Waals surface area contributed by atoms with Crippen LogP contribution in [0.3, 0.4) is 0 Å². The van der Waals surface area contributed by atoms with Crippen molar-refractivity contribution in [1.82, 2.24) is 10.2 Å². The first-order valence-corrected chi connectivity index (χ1v) is 15.0. The predicted molar refractivity (Wildman–Crippen MR) is 133 cm³/mol. The van der Waals surface area contributed by atoms with Gasteiger partial charge in [-0.15, -0.1) is 0 Å². The molecule has 0 aromatic heterocycles. The number of hydrogen-bond acceptors (Lipinski definition) is 10. The first kappa shape index (κ1) is 30.2. The Bertz CT molecular complexity index is 1080. The third-order valence-corrected chi connectivity index (χ3v) is 7.36. The van der Waals surface area contributed by atoms with Crippen molar-refractivity contribution in [2.45, 2.75) is 18.2 Å². The van der Waals surface area contributed by atoms with Crippen molar-refractivity contribution in [1.29, 1.82) is 0 Å². The molecule has 0 aliphatic carbocycles. The molecule has 0 bridgehead atoms. The molecule has 0 aliphatic heterocycles. The molecule has 0 spiro atoms. The van der Waals surface area contributed by atoms with Crippen molar-refractivity contribution in [3.8, 4) is 0 Å². The summed E-state index contributed by atoms with van der Waals surface area (Å²) in [6, 6.07) is 2.06. The van der Waals surface area contributed by atoms with Crippen LogP contribution >= 0.6 is 15.9 Å². The molecular formula is C19H31BrN4O8S2. The van der Waals surface area contributed by atoms with Crippen LogP contribution in [-0.4, -0.2) is 96.8 Å². The summed E-state index contributed by atoms with van der Waals surface area (Å²) >= 11 is 3.27. The minimum atomic E-state index is -3.93. The van der Waals surface area contributed by atoms with Crippen molar-refractivity contribution >= 4 is 53.2 Å². The number of nitrogens with zero attached hydrogens (tertiary/aromatic N) is 3. The van der Waals surface area contributed by atoms with Gasteiger partial charge in [0.1, 0.15) is 5.56 Å². The molecule has 0 heterocycles. The van der Waals surface area contributed by atoms with Crippen LogP contribution in [0, 0.1) is 10.1 Å². The van der Waals surface area contributed by atoms with Crippen LogP contribution in [0.2, 0.25) is 0 Å². The standard InChI is InChI=1S/C19H31BrN4O8S2/c1-5-34(30,31)18-14-16(24(26)27)15(19(25)21-8-6-9-22(2)3)13-17(18)23(10-7-20)11-12-32-33(4,28)29/h13-14H,5-12H2,1-4H3,(H,21,25). The molecule has 0 radical (unpaired) electrons. The second-order valence-corrected chi connectivity index (χ2v) is 12.3. The van der Waals surface area contributed by atoms with E-state index in [0.29, 0.717) is 18.3 Å². The van der Waals surface area contributed by atoms with Gasteiger partial charge in [0.15, 0.2) is 9.84 Å². The number of halogens is 1. The molecule has 1 aromatic rings. The van der Waals surface area contributed by atoms with E-state index >= 15 is 0 Å². The largest absolute Gasteiger partial charge is 0.367 e. The molecule has 1 aromatic carbocycles. The number of hydrogen-bond donors (Lipinski definition) is 1. The van der Waals surface area contributed by atoms with Gasteiger partial charge in [-0.2, -0.15) is 8.42 Å². The van der Waals surface area contributed by atoms with E-state index in [1.165, 1.54) is 17.9 Å². The zero-order chi connectivity index (χ0) is 26.1. The molecule has 0 saturated heterocycles. The van der Waals surface area contributed by atoms with Gasteiger partial charge in [0.05, 0.1) is 34.1 Å². The number of rotatable bonds is 15. The summed E-state index contributed by atoms with van der Waals surface area (Å²) in [5.41, 5.74) is -0.863. The van der Waals surface area contributed by atoms with Crippen LogP contribution in [0.25, 0.3) is 0 Å². The van der Waals surface area contributed by atoms with Gasteiger partial charge in [-0.25, -0.2) is 8.42 Å². The second-order valence-electron chi connectivity index (χ2n) is 7.61. The van der Waals surface area contributed by atoms with E-state index in [2.05, 4.69) is 21.2 Å². The van der Waals surface area contributed by atoms with Gasteiger partial charge >= 0.3 is 0 Å². The number of alkyl halides is 1. The summed E-state index contributed by atoms with van der Waals surface area (Å²) in [6.45, 7) is 2.28. The van der Waals surface area contributed by atoms with E-state index in [4.69, 9.17) is 4.18 Å². The molecule has 15 heteroatoms. The van der Waals surface area contributed by atoms with Crippen molar-refractivity contribution in [3.63, 3.8) is 0 Å². The summed E-state index contributed by atoms with van der Waals surface area (Å²) in [5, 5.41) is 14.7. The Kier molecular flexibility index (Phi) is 11.8. The summed E-state index contributed by atoms with van der Waals surface area (Å²) in [6.07, 6.45) is 1.50. The predicted octanol–water partition coefficient (Wildman–Crippen LogP) is 1.25. The van der Waals surface area contributed by atoms with Gasteiger partial charge in [-0.1, -0.05) is 22.9 Å². The second kappa shape index (κ2) is 13.3. The first-order valence-electron chi connectivity index (χ1n) is 10.4. The molecule has 1 rings (SSSR count). The monoisotopic (exact) mass is 586 g/mol. The Morgan fingerprint density at radius 3 is 2.32 bits per heavy atom. The Labute approximate surface area is 209 Å². The third-order valence-electron chi connectivity index (χ3n) is 4.66. The van der Waals surface area contributed by atoms with Crippen LogP contribution in [0.5, 0.6) is 0 Å². The number of benzene rings is 1. The number of carbonyl (C=O) groups excluding carboxylic acids is 1. The lowest BCUT2D eigenvalue weighted by atomic mass is 10.1. The molecule has 0 atom stereocenters. The molecule has 0 aliphatic rings. The molecule has 0 saturated carbocycles. The first-order chi connectivity index (χ1) is 15.7. The van der Waals surface area contributed by atoms with E-state index in [1.54, 1.807) is 0 Å². The molecule has 194 valence electrons. The van der Waals surface area contributed by atoms with Crippen LogP contribution < -0.4 is 10.2 Å². The minimum absolute atomic E-state index is 0.0351. The Balaban J connectivity index is 3.54. The topological polar surface area (TPSA) is 156 Å². The Morgan fingerprint density at radius 2 is 1.82 bits per heavy atom. The van der Waals surface area contributed by atoms with E-state index < -0.39 is 36.5 Å². The number of carbonyl (C=O) groups is 1. The fraction of sp³-hybridized carbons (Fsp3) is 0.632. The average molecular weight is 588 g/mol. The SMILES string of the molecule is CCS(=O)(=O)c1cc([N+](=O)[O-])c(C(=O)NCCCN(C)C)cc1N(CCBr)CCOS(C)(=O)=O. The van der Waals surface area contributed by atoms with Crippen LogP contribution in [0.15, 0.2) is 17.0 Å². The fourth-order valence-electron chi connectivity index (χ4n) is 2.99. The van der Waals surface area contributed by atoms with E-state index in [9.17, 15) is 31.7 Å². The highest BCUT2D eigenvalue weighted by Crippen LogP contribution is 2.34. The van der Waals surface area contributed by atoms with Gasteiger partial charge in [-0.05, 0) is 33.1 Å².